The van der Waals surface area contributed by atoms with Crippen molar-refractivity contribution in [1.82, 2.24) is 10.2 Å². The summed E-state index contributed by atoms with van der Waals surface area (Å²) in [7, 11) is 0. The Hall–Kier alpha value is -0.610. The highest BCUT2D eigenvalue weighted by Gasteiger charge is 2.30. The van der Waals surface area contributed by atoms with Gasteiger partial charge >= 0.3 is 5.97 Å². The van der Waals surface area contributed by atoms with Gasteiger partial charge in [0.05, 0.1) is 0 Å². The van der Waals surface area contributed by atoms with Gasteiger partial charge in [-0.1, -0.05) is 13.8 Å². The van der Waals surface area contributed by atoms with Gasteiger partial charge in [0.2, 0.25) is 0 Å². The van der Waals surface area contributed by atoms with Crippen LogP contribution in [0.3, 0.4) is 0 Å². The van der Waals surface area contributed by atoms with E-state index in [1.54, 1.807) is 0 Å². The summed E-state index contributed by atoms with van der Waals surface area (Å²) in [6, 6.07) is 0.223. The monoisotopic (exact) mass is 200 g/mol. The minimum Gasteiger partial charge on any atom is -0.480 e. The van der Waals surface area contributed by atoms with Crippen LogP contribution in [0.15, 0.2) is 0 Å². The van der Waals surface area contributed by atoms with Gasteiger partial charge < -0.3 is 10.4 Å². The number of likely N-dealkylation sites (N-methyl/N-ethyl adjacent to an activating group) is 2. The molecule has 0 saturated heterocycles. The Labute approximate surface area is 85.3 Å². The largest absolute Gasteiger partial charge is 0.480 e. The fourth-order valence-corrected chi connectivity index (χ4v) is 1.69. The third-order valence-corrected chi connectivity index (χ3v) is 2.64. The average molecular weight is 200 g/mol. The maximum absolute atomic E-state index is 10.9. The first-order valence-corrected chi connectivity index (χ1v) is 5.39. The Morgan fingerprint density at radius 3 is 2.57 bits per heavy atom. The number of nitrogens with one attached hydrogen (secondary N) is 1. The number of hydrogen-bond donors (Lipinski definition) is 2. The summed E-state index contributed by atoms with van der Waals surface area (Å²) in [5.74, 6) is -0.744. The van der Waals surface area contributed by atoms with Crippen LogP contribution in [0.2, 0.25) is 0 Å². The number of hydrogen-bond acceptors (Lipinski definition) is 3. The number of carboxylic acid groups (broad SMARTS) is 1. The molecule has 0 amide bonds. The number of rotatable bonds is 7. The van der Waals surface area contributed by atoms with Crippen molar-refractivity contribution >= 4 is 5.97 Å². The van der Waals surface area contributed by atoms with Crippen LogP contribution >= 0.6 is 0 Å². The van der Waals surface area contributed by atoms with Gasteiger partial charge in [-0.2, -0.15) is 0 Å². The smallest absolute Gasteiger partial charge is 0.322 e. The molecule has 0 aromatic carbocycles. The molecule has 2 N–H and O–H groups in total. The zero-order valence-electron chi connectivity index (χ0n) is 8.99. The summed E-state index contributed by atoms with van der Waals surface area (Å²) in [5, 5.41) is 12.0. The number of carbonyl (C=O) groups is 1. The Kier molecular flexibility index (Phi) is 4.35. The maximum atomic E-state index is 10.9. The Morgan fingerprint density at radius 1 is 1.57 bits per heavy atom. The Bertz CT molecular complexity index is 193. The molecule has 0 bridgehead atoms. The van der Waals surface area contributed by atoms with Crippen molar-refractivity contribution in [3.63, 3.8) is 0 Å². The second-order valence-corrected chi connectivity index (χ2v) is 3.77. The summed E-state index contributed by atoms with van der Waals surface area (Å²) in [6.07, 6.45) is 2.46. The second kappa shape index (κ2) is 5.32. The first kappa shape index (κ1) is 11.5. The quantitative estimate of drug-likeness (QED) is 0.629. The predicted molar refractivity (Wildman–Crippen MR) is 55.4 cm³/mol. The zero-order chi connectivity index (χ0) is 10.6. The number of aliphatic carboxylic acids is 1. The van der Waals surface area contributed by atoms with E-state index in [9.17, 15) is 4.79 Å². The highest BCUT2D eigenvalue weighted by atomic mass is 16.4. The topological polar surface area (TPSA) is 52.6 Å². The lowest BCUT2D eigenvalue weighted by atomic mass is 10.2. The molecule has 0 radical (unpaired) electrons. The lowest BCUT2D eigenvalue weighted by molar-refractivity contribution is -0.140. The molecule has 1 saturated carbocycles. The molecule has 82 valence electrons. The lowest BCUT2D eigenvalue weighted by Gasteiger charge is -2.24. The summed E-state index contributed by atoms with van der Waals surface area (Å²) in [5.41, 5.74) is 0. The van der Waals surface area contributed by atoms with E-state index in [4.69, 9.17) is 5.11 Å². The SMILES string of the molecule is CCNC(CN(CC)C1CC1)C(=O)O. The van der Waals surface area contributed by atoms with Gasteiger partial charge in [0.25, 0.3) is 0 Å². The molecule has 0 spiro atoms. The molecule has 1 atom stereocenters. The minimum atomic E-state index is -0.744. The number of carboxylic acids is 1. The molecule has 4 nitrogen and oxygen atoms in total. The molecule has 1 aliphatic rings. The van der Waals surface area contributed by atoms with Crippen molar-refractivity contribution in [3.8, 4) is 0 Å². The molecule has 1 fully saturated rings. The van der Waals surface area contributed by atoms with Crippen LogP contribution in [0.5, 0.6) is 0 Å². The first-order chi connectivity index (χ1) is 6.69. The van der Waals surface area contributed by atoms with Crippen LogP contribution < -0.4 is 5.32 Å². The van der Waals surface area contributed by atoms with Gasteiger partial charge in [0, 0.05) is 12.6 Å². The fraction of sp³-hybridized carbons (Fsp3) is 0.900. The summed E-state index contributed by atoms with van der Waals surface area (Å²) < 4.78 is 0. The average Bonchev–Trinajstić information content (AvgIpc) is 2.95. The molecule has 0 aromatic heterocycles. The maximum Gasteiger partial charge on any atom is 0.322 e. The van der Waals surface area contributed by atoms with Crippen molar-refractivity contribution in [1.29, 1.82) is 0 Å². The molecule has 0 aliphatic heterocycles. The highest BCUT2D eigenvalue weighted by Crippen LogP contribution is 2.26. The molecule has 1 rings (SSSR count). The van der Waals surface area contributed by atoms with Crippen LogP contribution in [0, 0.1) is 0 Å². The Morgan fingerprint density at radius 2 is 2.21 bits per heavy atom. The van der Waals surface area contributed by atoms with Gasteiger partial charge in [-0.05, 0) is 25.9 Å². The summed E-state index contributed by atoms with van der Waals surface area (Å²) in [4.78, 5) is 13.1. The molecule has 1 aliphatic carbocycles. The first-order valence-electron chi connectivity index (χ1n) is 5.39. The molecule has 1 unspecified atom stereocenters. The number of nitrogens with zero attached hydrogens (tertiary/aromatic N) is 1. The van der Waals surface area contributed by atoms with Gasteiger partial charge in [-0.3, -0.25) is 9.69 Å². The summed E-state index contributed by atoms with van der Waals surface area (Å²) >= 11 is 0. The standard InChI is InChI=1S/C10H20N2O2/c1-3-11-9(10(13)14)7-12(4-2)8-5-6-8/h8-9,11H,3-7H2,1-2H3,(H,13,14). The minimum absolute atomic E-state index is 0.416. The van der Waals surface area contributed by atoms with Gasteiger partial charge in [0.15, 0.2) is 0 Å². The van der Waals surface area contributed by atoms with Crippen LogP contribution in [0.1, 0.15) is 26.7 Å². The molecular formula is C10H20N2O2. The van der Waals surface area contributed by atoms with E-state index in [2.05, 4.69) is 17.1 Å². The van der Waals surface area contributed by atoms with E-state index in [0.29, 0.717) is 19.1 Å². The van der Waals surface area contributed by atoms with E-state index in [1.807, 2.05) is 6.92 Å². The highest BCUT2D eigenvalue weighted by molar-refractivity contribution is 5.73. The van der Waals surface area contributed by atoms with E-state index in [-0.39, 0.29) is 0 Å². The van der Waals surface area contributed by atoms with Crippen LogP contribution in [-0.4, -0.2) is 47.7 Å². The van der Waals surface area contributed by atoms with Gasteiger partial charge in [0.1, 0.15) is 6.04 Å². The molecule has 0 heterocycles. The van der Waals surface area contributed by atoms with Crippen molar-refractivity contribution in [2.45, 2.75) is 38.8 Å². The van der Waals surface area contributed by atoms with Crippen molar-refractivity contribution in [3.05, 3.63) is 0 Å². The molecular weight excluding hydrogens is 180 g/mol. The van der Waals surface area contributed by atoms with E-state index in [0.717, 1.165) is 6.54 Å². The normalized spacial score (nSPS) is 18.5. The summed E-state index contributed by atoms with van der Waals surface area (Å²) in [6.45, 7) is 6.30. The van der Waals surface area contributed by atoms with Crippen LogP contribution in [-0.2, 0) is 4.79 Å². The molecule has 4 heteroatoms. The van der Waals surface area contributed by atoms with E-state index >= 15 is 0 Å². The third kappa shape index (κ3) is 3.27. The van der Waals surface area contributed by atoms with Gasteiger partial charge in [-0.25, -0.2) is 0 Å². The van der Waals surface area contributed by atoms with E-state index in [1.165, 1.54) is 12.8 Å². The predicted octanol–water partition coefficient (Wildman–Crippen LogP) is 0.533. The zero-order valence-corrected chi connectivity index (χ0v) is 8.99. The van der Waals surface area contributed by atoms with Gasteiger partial charge in [-0.15, -0.1) is 0 Å². The molecule has 0 aromatic rings. The third-order valence-electron chi connectivity index (χ3n) is 2.64. The van der Waals surface area contributed by atoms with Crippen molar-refractivity contribution < 1.29 is 9.90 Å². The fourth-order valence-electron chi connectivity index (χ4n) is 1.69. The van der Waals surface area contributed by atoms with Crippen molar-refractivity contribution in [2.75, 3.05) is 19.6 Å². The van der Waals surface area contributed by atoms with Crippen LogP contribution in [0.4, 0.5) is 0 Å². The van der Waals surface area contributed by atoms with E-state index < -0.39 is 12.0 Å². The molecule has 14 heavy (non-hydrogen) atoms. The lowest BCUT2D eigenvalue weighted by Crippen LogP contribution is -2.46. The van der Waals surface area contributed by atoms with Crippen LogP contribution in [0.25, 0.3) is 0 Å². The van der Waals surface area contributed by atoms with Crippen molar-refractivity contribution in [2.24, 2.45) is 0 Å². The second-order valence-electron chi connectivity index (χ2n) is 3.77. The Balaban J connectivity index is 2.39.